The van der Waals surface area contributed by atoms with Crippen LogP contribution in [-0.4, -0.2) is 30.0 Å². The van der Waals surface area contributed by atoms with Crippen LogP contribution in [0.5, 0.6) is 0 Å². The van der Waals surface area contributed by atoms with Crippen LogP contribution in [0.3, 0.4) is 0 Å². The van der Waals surface area contributed by atoms with Gasteiger partial charge >= 0.3 is 0 Å². The van der Waals surface area contributed by atoms with Gasteiger partial charge in [-0.2, -0.15) is 0 Å². The Labute approximate surface area is 96.1 Å². The highest BCUT2D eigenvalue weighted by molar-refractivity contribution is 5.80. The molecule has 0 atom stereocenters. The van der Waals surface area contributed by atoms with Crippen LogP contribution in [0.2, 0.25) is 0 Å². The van der Waals surface area contributed by atoms with E-state index in [2.05, 4.69) is 10.5 Å². The molecule has 0 fully saturated rings. The number of hydrogen-bond donors (Lipinski definition) is 4. The number of carbonyl (C=O) groups excluding carboxylic acids is 1. The van der Waals surface area contributed by atoms with Gasteiger partial charge in [0.25, 0.3) is 0 Å². The lowest BCUT2D eigenvalue weighted by atomic mass is 9.93. The molecular weight excluding hydrogens is 208 g/mol. The van der Waals surface area contributed by atoms with E-state index in [1.165, 1.54) is 0 Å². The van der Waals surface area contributed by atoms with E-state index in [1.807, 2.05) is 0 Å². The van der Waals surface area contributed by atoms with Crippen LogP contribution >= 0.6 is 0 Å². The summed E-state index contributed by atoms with van der Waals surface area (Å²) in [5, 5.41) is 14.3. The van der Waals surface area contributed by atoms with Crippen LogP contribution < -0.4 is 16.8 Å². The molecule has 6 heteroatoms. The number of hydrogen-bond acceptors (Lipinski definition) is 4. The zero-order valence-corrected chi connectivity index (χ0v) is 9.99. The summed E-state index contributed by atoms with van der Waals surface area (Å²) in [6.45, 7) is 4.96. The van der Waals surface area contributed by atoms with E-state index in [9.17, 15) is 4.79 Å². The summed E-state index contributed by atoms with van der Waals surface area (Å²) in [6, 6.07) is 0. The summed E-state index contributed by atoms with van der Waals surface area (Å²) in [5.74, 6) is -0.0610. The van der Waals surface area contributed by atoms with Gasteiger partial charge in [-0.1, -0.05) is 5.16 Å². The van der Waals surface area contributed by atoms with Gasteiger partial charge in [0.05, 0.1) is 5.41 Å². The standard InChI is InChI=1S/C10H22N4O2/c1-10(2,9(12)15)7-13-6-4-3-5-8(11)14-16/h13,16H,3-7H2,1-2H3,(H2,11,14)(H2,12,15). The Morgan fingerprint density at radius 1 is 1.38 bits per heavy atom. The van der Waals surface area contributed by atoms with Crippen LogP contribution in [0.25, 0.3) is 0 Å². The molecule has 6 N–H and O–H groups in total. The number of amides is 1. The smallest absolute Gasteiger partial charge is 0.224 e. The summed E-state index contributed by atoms with van der Waals surface area (Å²) in [5.41, 5.74) is 10.0. The molecule has 0 aliphatic heterocycles. The molecule has 0 aliphatic rings. The number of nitrogens with two attached hydrogens (primary N) is 2. The lowest BCUT2D eigenvalue weighted by Gasteiger charge is -2.20. The molecule has 0 aliphatic carbocycles. The quantitative estimate of drug-likeness (QED) is 0.154. The SMILES string of the molecule is CC(C)(CNCCCCC(N)=NO)C(N)=O. The van der Waals surface area contributed by atoms with Crippen molar-refractivity contribution in [2.45, 2.75) is 33.1 Å². The topological polar surface area (TPSA) is 114 Å². The lowest BCUT2D eigenvalue weighted by Crippen LogP contribution is -2.40. The first kappa shape index (κ1) is 14.7. The number of primary amides is 1. The highest BCUT2D eigenvalue weighted by Crippen LogP contribution is 2.11. The number of nitrogens with one attached hydrogen (secondary N) is 1. The van der Waals surface area contributed by atoms with Gasteiger partial charge in [0.1, 0.15) is 5.84 Å². The summed E-state index contributed by atoms with van der Waals surface area (Å²) in [6.07, 6.45) is 2.34. The molecule has 1 amide bonds. The maximum atomic E-state index is 11.0. The van der Waals surface area contributed by atoms with Gasteiger partial charge in [0, 0.05) is 13.0 Å². The maximum Gasteiger partial charge on any atom is 0.224 e. The van der Waals surface area contributed by atoms with Crippen molar-refractivity contribution in [1.82, 2.24) is 5.32 Å². The number of unbranched alkanes of at least 4 members (excludes halogenated alkanes) is 1. The van der Waals surface area contributed by atoms with Gasteiger partial charge in [-0.3, -0.25) is 4.79 Å². The average Bonchev–Trinajstić information content (AvgIpc) is 2.22. The van der Waals surface area contributed by atoms with E-state index in [-0.39, 0.29) is 11.7 Å². The van der Waals surface area contributed by atoms with Crippen molar-refractivity contribution >= 4 is 11.7 Å². The number of amidine groups is 1. The largest absolute Gasteiger partial charge is 0.409 e. The van der Waals surface area contributed by atoms with Crippen molar-refractivity contribution < 1.29 is 10.0 Å². The van der Waals surface area contributed by atoms with E-state index in [0.717, 1.165) is 19.4 Å². The molecule has 0 spiro atoms. The van der Waals surface area contributed by atoms with E-state index in [0.29, 0.717) is 13.0 Å². The Balaban J connectivity index is 3.51. The summed E-state index contributed by atoms with van der Waals surface area (Å²) >= 11 is 0. The van der Waals surface area contributed by atoms with Crippen molar-refractivity contribution in [3.63, 3.8) is 0 Å². The Kier molecular flexibility index (Phi) is 6.48. The normalized spacial score (nSPS) is 12.8. The second kappa shape index (κ2) is 7.05. The highest BCUT2D eigenvalue weighted by Gasteiger charge is 2.23. The molecule has 0 saturated carbocycles. The third-order valence-corrected chi connectivity index (χ3v) is 2.40. The Morgan fingerprint density at radius 2 is 2.00 bits per heavy atom. The number of rotatable bonds is 8. The van der Waals surface area contributed by atoms with Crippen molar-refractivity contribution in [2.24, 2.45) is 22.0 Å². The Hall–Kier alpha value is -1.30. The first-order valence-electron chi connectivity index (χ1n) is 5.37. The van der Waals surface area contributed by atoms with Gasteiger partial charge in [-0.15, -0.1) is 0 Å². The minimum Gasteiger partial charge on any atom is -0.409 e. The predicted octanol–water partition coefficient (Wildman–Crippen LogP) is 0.00420. The molecule has 0 aromatic heterocycles. The lowest BCUT2D eigenvalue weighted by molar-refractivity contribution is -0.125. The van der Waals surface area contributed by atoms with Gasteiger partial charge in [-0.05, 0) is 33.2 Å². The second-order valence-electron chi connectivity index (χ2n) is 4.47. The van der Waals surface area contributed by atoms with Gasteiger partial charge < -0.3 is 22.0 Å². The van der Waals surface area contributed by atoms with Crippen molar-refractivity contribution in [2.75, 3.05) is 13.1 Å². The monoisotopic (exact) mass is 230 g/mol. The van der Waals surface area contributed by atoms with Gasteiger partial charge in [0.2, 0.25) is 5.91 Å². The molecule has 16 heavy (non-hydrogen) atoms. The number of nitrogens with zero attached hydrogens (tertiary/aromatic N) is 1. The zero-order valence-electron chi connectivity index (χ0n) is 9.99. The molecule has 0 aromatic carbocycles. The van der Waals surface area contributed by atoms with Crippen LogP contribution in [0.1, 0.15) is 33.1 Å². The first-order valence-corrected chi connectivity index (χ1v) is 5.37. The molecule has 0 rings (SSSR count). The summed E-state index contributed by atoms with van der Waals surface area (Å²) in [4.78, 5) is 11.0. The minimum atomic E-state index is -0.522. The fourth-order valence-corrected chi connectivity index (χ4v) is 1.09. The molecule has 0 unspecified atom stereocenters. The Bertz CT molecular complexity index is 251. The van der Waals surface area contributed by atoms with Crippen LogP contribution in [0, 0.1) is 5.41 Å². The third-order valence-electron chi connectivity index (χ3n) is 2.40. The molecule has 0 heterocycles. The van der Waals surface area contributed by atoms with Crippen molar-refractivity contribution in [3.8, 4) is 0 Å². The molecular formula is C10H22N4O2. The predicted molar refractivity (Wildman–Crippen MR) is 63.1 cm³/mol. The fraction of sp³-hybridized carbons (Fsp3) is 0.800. The van der Waals surface area contributed by atoms with Crippen LogP contribution in [0.4, 0.5) is 0 Å². The molecule has 0 bridgehead atoms. The zero-order chi connectivity index (χ0) is 12.6. The number of oxime groups is 1. The van der Waals surface area contributed by atoms with Crippen LogP contribution in [-0.2, 0) is 4.79 Å². The third kappa shape index (κ3) is 6.23. The van der Waals surface area contributed by atoms with Gasteiger partial charge in [-0.25, -0.2) is 0 Å². The summed E-state index contributed by atoms with van der Waals surface area (Å²) in [7, 11) is 0. The summed E-state index contributed by atoms with van der Waals surface area (Å²) < 4.78 is 0. The van der Waals surface area contributed by atoms with Crippen LogP contribution in [0.15, 0.2) is 5.16 Å². The minimum absolute atomic E-state index is 0.248. The molecule has 0 aromatic rings. The van der Waals surface area contributed by atoms with Gasteiger partial charge in [0.15, 0.2) is 0 Å². The average molecular weight is 230 g/mol. The van der Waals surface area contributed by atoms with E-state index < -0.39 is 5.41 Å². The fourth-order valence-electron chi connectivity index (χ4n) is 1.09. The van der Waals surface area contributed by atoms with Crippen molar-refractivity contribution in [1.29, 1.82) is 0 Å². The second-order valence-corrected chi connectivity index (χ2v) is 4.47. The number of carbonyl (C=O) groups is 1. The molecule has 94 valence electrons. The first-order chi connectivity index (χ1) is 7.40. The molecule has 0 saturated heterocycles. The van der Waals surface area contributed by atoms with E-state index in [1.54, 1.807) is 13.8 Å². The highest BCUT2D eigenvalue weighted by atomic mass is 16.4. The molecule has 6 nitrogen and oxygen atoms in total. The maximum absolute atomic E-state index is 11.0. The van der Waals surface area contributed by atoms with E-state index in [4.69, 9.17) is 16.7 Å². The Morgan fingerprint density at radius 3 is 2.50 bits per heavy atom. The van der Waals surface area contributed by atoms with E-state index >= 15 is 0 Å². The van der Waals surface area contributed by atoms with Crippen molar-refractivity contribution in [3.05, 3.63) is 0 Å². The molecule has 0 radical (unpaired) electrons.